The highest BCUT2D eigenvalue weighted by molar-refractivity contribution is 6.19. The first-order valence-electron chi connectivity index (χ1n) is 18.9. The third-order valence-corrected chi connectivity index (χ3v) is 12.2. The van der Waals surface area contributed by atoms with Gasteiger partial charge in [0, 0.05) is 22.2 Å². The summed E-state index contributed by atoms with van der Waals surface area (Å²) >= 11 is 0. The molecule has 0 amide bonds. The van der Waals surface area contributed by atoms with Gasteiger partial charge in [-0.1, -0.05) is 176 Å². The van der Waals surface area contributed by atoms with Gasteiger partial charge in [-0.2, -0.15) is 0 Å². The van der Waals surface area contributed by atoms with E-state index in [2.05, 4.69) is 205 Å². The Morgan fingerprint density at radius 1 is 0.333 bits per heavy atom. The Balaban J connectivity index is 1.19. The Kier molecular flexibility index (Phi) is 6.04. The first kappa shape index (κ1) is 29.6. The van der Waals surface area contributed by atoms with E-state index in [0.717, 1.165) is 5.69 Å². The van der Waals surface area contributed by atoms with Crippen molar-refractivity contribution in [3.63, 3.8) is 0 Å². The number of hydrogen-bond acceptors (Lipinski definition) is 1. The van der Waals surface area contributed by atoms with Crippen LogP contribution >= 0.6 is 0 Å². The molecular weight excluding hydrogens is 651 g/mol. The van der Waals surface area contributed by atoms with Crippen molar-refractivity contribution < 1.29 is 0 Å². The molecule has 0 fully saturated rings. The van der Waals surface area contributed by atoms with Gasteiger partial charge < -0.3 is 4.90 Å². The smallest absolute Gasteiger partial charge is 0.0726 e. The van der Waals surface area contributed by atoms with Crippen molar-refractivity contribution in [1.29, 1.82) is 0 Å². The maximum absolute atomic E-state index is 2.58. The molecule has 0 heterocycles. The predicted molar refractivity (Wildman–Crippen MR) is 225 cm³/mol. The lowest BCUT2D eigenvalue weighted by molar-refractivity contribution is 0.794. The molecule has 1 spiro atoms. The highest BCUT2D eigenvalue weighted by atomic mass is 15.2. The molecule has 9 aromatic rings. The van der Waals surface area contributed by atoms with Crippen LogP contribution in [0.2, 0.25) is 0 Å². The summed E-state index contributed by atoms with van der Waals surface area (Å²) in [6, 6.07) is 74.4. The number of nitrogens with zero attached hydrogens (tertiary/aromatic N) is 1. The monoisotopic (exact) mass is 683 g/mol. The summed E-state index contributed by atoms with van der Waals surface area (Å²) in [7, 11) is 0. The molecule has 9 aromatic carbocycles. The number of rotatable bonds is 4. The van der Waals surface area contributed by atoms with Gasteiger partial charge in [-0.25, -0.2) is 0 Å². The summed E-state index contributed by atoms with van der Waals surface area (Å²) < 4.78 is 0. The predicted octanol–water partition coefficient (Wildman–Crippen LogP) is 14.0. The van der Waals surface area contributed by atoms with Gasteiger partial charge in [-0.3, -0.25) is 0 Å². The Hall–Kier alpha value is -6.96. The van der Waals surface area contributed by atoms with Crippen molar-refractivity contribution in [3.8, 4) is 55.6 Å². The normalized spacial score (nSPS) is 13.3. The quantitative estimate of drug-likeness (QED) is 0.178. The minimum absolute atomic E-state index is 0.422. The molecule has 3 aliphatic carbocycles. The molecule has 1 nitrogen and oxygen atoms in total. The summed E-state index contributed by atoms with van der Waals surface area (Å²) in [6.45, 7) is 0. The lowest BCUT2D eigenvalue weighted by atomic mass is 9.70. The van der Waals surface area contributed by atoms with Gasteiger partial charge in [0.05, 0.1) is 16.8 Å². The van der Waals surface area contributed by atoms with Crippen LogP contribution in [0.15, 0.2) is 200 Å². The molecule has 0 radical (unpaired) electrons. The molecule has 0 saturated carbocycles. The average molecular weight is 684 g/mol. The van der Waals surface area contributed by atoms with E-state index >= 15 is 0 Å². The molecule has 0 aliphatic heterocycles. The standard InChI is InChI=1S/C53H33N/c1-2-15-34(16-3-1)35-29-31-37(32-30-35)54(52-38-18-5-4-17-36(38)33-44-39-19-6-7-22-42(39)50(44)52)49-28-14-27-48-51(49)43-23-10-13-26-47(43)53(48)45-24-11-8-20-40(45)41-21-9-12-25-46(41)53/h1-33H. The van der Waals surface area contributed by atoms with Crippen LogP contribution in [0.1, 0.15) is 22.3 Å². The van der Waals surface area contributed by atoms with Gasteiger partial charge in [-0.05, 0) is 96.4 Å². The number of anilines is 3. The summed E-state index contributed by atoms with van der Waals surface area (Å²) in [5.41, 5.74) is 21.4. The van der Waals surface area contributed by atoms with Crippen molar-refractivity contribution >= 4 is 27.8 Å². The maximum Gasteiger partial charge on any atom is 0.0726 e. The van der Waals surface area contributed by atoms with Gasteiger partial charge in [-0.15, -0.1) is 0 Å². The van der Waals surface area contributed by atoms with Crippen LogP contribution in [0.5, 0.6) is 0 Å². The highest BCUT2D eigenvalue weighted by Crippen LogP contribution is 2.65. The van der Waals surface area contributed by atoms with E-state index in [1.54, 1.807) is 0 Å². The van der Waals surface area contributed by atoms with E-state index in [-0.39, 0.29) is 0 Å². The molecule has 0 saturated heterocycles. The Morgan fingerprint density at radius 2 is 0.870 bits per heavy atom. The Morgan fingerprint density at radius 3 is 1.59 bits per heavy atom. The van der Waals surface area contributed by atoms with Crippen LogP contribution < -0.4 is 4.90 Å². The second-order valence-electron chi connectivity index (χ2n) is 14.7. The topological polar surface area (TPSA) is 3.24 Å². The van der Waals surface area contributed by atoms with Crippen LogP contribution in [0.4, 0.5) is 17.1 Å². The molecule has 0 bridgehead atoms. The summed E-state index contributed by atoms with van der Waals surface area (Å²) in [5, 5.41) is 2.49. The Labute approximate surface area is 315 Å². The van der Waals surface area contributed by atoms with Crippen molar-refractivity contribution in [1.82, 2.24) is 0 Å². The molecule has 1 heteroatoms. The third kappa shape index (κ3) is 3.78. The average Bonchev–Trinajstić information content (AvgIpc) is 3.71. The molecule has 3 aliphatic rings. The van der Waals surface area contributed by atoms with E-state index in [9.17, 15) is 0 Å². The first-order chi connectivity index (χ1) is 26.8. The highest BCUT2D eigenvalue weighted by Gasteiger charge is 2.52. The molecular formula is C53H33N. The first-order valence-corrected chi connectivity index (χ1v) is 18.9. The van der Waals surface area contributed by atoms with Gasteiger partial charge in [0.15, 0.2) is 0 Å². The molecule has 0 N–H and O–H groups in total. The van der Waals surface area contributed by atoms with E-state index < -0.39 is 5.41 Å². The maximum atomic E-state index is 2.58. The van der Waals surface area contributed by atoms with Crippen molar-refractivity contribution in [2.45, 2.75) is 5.41 Å². The summed E-state index contributed by atoms with van der Waals surface area (Å²) in [6.07, 6.45) is 0. The number of hydrogen-bond donors (Lipinski definition) is 0. The SMILES string of the molecule is c1ccc(-c2ccc(N(c3cccc4c3-c3ccccc3C43c4ccccc4-c4ccccc43)c3c4c(cc5ccccc35)-c3ccccc3-4)cc2)cc1. The van der Waals surface area contributed by atoms with Crippen molar-refractivity contribution in [2.24, 2.45) is 0 Å². The lowest BCUT2D eigenvalue weighted by Crippen LogP contribution is -2.26. The molecule has 0 unspecified atom stereocenters. The van der Waals surface area contributed by atoms with Crippen LogP contribution in [-0.2, 0) is 5.41 Å². The second kappa shape index (κ2) is 11.0. The van der Waals surface area contributed by atoms with E-state index in [4.69, 9.17) is 0 Å². The minimum atomic E-state index is -0.422. The van der Waals surface area contributed by atoms with Crippen LogP contribution in [0, 0.1) is 0 Å². The summed E-state index contributed by atoms with van der Waals surface area (Å²) in [4.78, 5) is 2.58. The van der Waals surface area contributed by atoms with Crippen LogP contribution in [-0.4, -0.2) is 0 Å². The van der Waals surface area contributed by atoms with Crippen LogP contribution in [0.25, 0.3) is 66.4 Å². The second-order valence-corrected chi connectivity index (χ2v) is 14.7. The fraction of sp³-hybridized carbons (Fsp3) is 0.0189. The molecule has 250 valence electrons. The largest absolute Gasteiger partial charge is 0.309 e. The molecule has 0 aromatic heterocycles. The number of benzene rings is 9. The fourth-order valence-corrected chi connectivity index (χ4v) is 10.1. The third-order valence-electron chi connectivity index (χ3n) is 12.2. The molecule has 54 heavy (non-hydrogen) atoms. The molecule has 12 rings (SSSR count). The summed E-state index contributed by atoms with van der Waals surface area (Å²) in [5.74, 6) is 0. The number of fused-ring (bicyclic) bond motifs is 15. The van der Waals surface area contributed by atoms with E-state index in [1.807, 2.05) is 0 Å². The van der Waals surface area contributed by atoms with Gasteiger partial charge >= 0.3 is 0 Å². The van der Waals surface area contributed by atoms with Gasteiger partial charge in [0.25, 0.3) is 0 Å². The van der Waals surface area contributed by atoms with Crippen molar-refractivity contribution in [2.75, 3.05) is 4.90 Å². The van der Waals surface area contributed by atoms with Crippen molar-refractivity contribution in [3.05, 3.63) is 222 Å². The minimum Gasteiger partial charge on any atom is -0.309 e. The zero-order chi connectivity index (χ0) is 35.4. The molecule has 0 atom stereocenters. The van der Waals surface area contributed by atoms with E-state index in [1.165, 1.54) is 100 Å². The van der Waals surface area contributed by atoms with Crippen LogP contribution in [0.3, 0.4) is 0 Å². The fourth-order valence-electron chi connectivity index (χ4n) is 10.1. The Bertz CT molecular complexity index is 2940. The van der Waals surface area contributed by atoms with Gasteiger partial charge in [0.1, 0.15) is 0 Å². The zero-order valence-electron chi connectivity index (χ0n) is 29.5. The van der Waals surface area contributed by atoms with Gasteiger partial charge in [0.2, 0.25) is 0 Å². The van der Waals surface area contributed by atoms with E-state index in [0.29, 0.717) is 0 Å². The lowest BCUT2D eigenvalue weighted by Gasteiger charge is -2.36. The zero-order valence-corrected chi connectivity index (χ0v) is 29.5.